The third-order valence-corrected chi connectivity index (χ3v) is 3.64. The van der Waals surface area contributed by atoms with Crippen molar-refractivity contribution >= 4 is 17.3 Å². The van der Waals surface area contributed by atoms with Gasteiger partial charge in [0.2, 0.25) is 0 Å². The molecule has 0 amide bonds. The molecular weight excluding hydrogens is 248 g/mol. The number of hydrogen-bond acceptors (Lipinski definition) is 4. The Morgan fingerprint density at radius 2 is 2.11 bits per heavy atom. The molecule has 0 radical (unpaired) electrons. The normalized spacial score (nSPS) is 10.0. The molecule has 0 bridgehead atoms. The van der Waals surface area contributed by atoms with E-state index in [-0.39, 0.29) is 4.88 Å². The lowest BCUT2D eigenvalue weighted by atomic mass is 10.1. The lowest BCUT2D eigenvalue weighted by molar-refractivity contribution is 0.0702. The van der Waals surface area contributed by atoms with Crippen molar-refractivity contribution in [3.63, 3.8) is 0 Å². The summed E-state index contributed by atoms with van der Waals surface area (Å²) in [6.45, 7) is 1.94. The smallest absolute Gasteiger partial charge is 0.348 e. The maximum absolute atomic E-state index is 11.2. The minimum atomic E-state index is -0.966. The van der Waals surface area contributed by atoms with E-state index in [4.69, 9.17) is 10.4 Å². The zero-order chi connectivity index (χ0) is 13.1. The van der Waals surface area contributed by atoms with Crippen molar-refractivity contribution in [1.82, 2.24) is 4.98 Å². The Bertz CT molecular complexity index is 623. The summed E-state index contributed by atoms with van der Waals surface area (Å²) in [5.41, 5.74) is 1.75. The Morgan fingerprint density at radius 3 is 2.61 bits per heavy atom. The van der Waals surface area contributed by atoms with Gasteiger partial charge in [0, 0.05) is 5.56 Å². The van der Waals surface area contributed by atoms with Gasteiger partial charge in [0.1, 0.15) is 4.88 Å². The van der Waals surface area contributed by atoms with E-state index in [1.807, 2.05) is 13.0 Å². The predicted molar refractivity (Wildman–Crippen MR) is 68.6 cm³/mol. The molecule has 90 valence electrons. The lowest BCUT2D eigenvalue weighted by Gasteiger charge is -1.98. The zero-order valence-corrected chi connectivity index (χ0v) is 10.5. The van der Waals surface area contributed by atoms with Crippen molar-refractivity contribution < 1.29 is 9.90 Å². The molecule has 0 atom stereocenters. The second-order valence-electron chi connectivity index (χ2n) is 3.63. The van der Waals surface area contributed by atoms with Gasteiger partial charge in [-0.25, -0.2) is 9.78 Å². The second kappa shape index (κ2) is 4.98. The van der Waals surface area contributed by atoms with Gasteiger partial charge in [-0.15, -0.1) is 11.3 Å². The first-order chi connectivity index (χ1) is 8.65. The van der Waals surface area contributed by atoms with Gasteiger partial charge in [0.25, 0.3) is 0 Å². The van der Waals surface area contributed by atoms with E-state index in [9.17, 15) is 4.79 Å². The van der Waals surface area contributed by atoms with Crippen molar-refractivity contribution in [3.8, 4) is 17.3 Å². The van der Waals surface area contributed by atoms with Crippen LogP contribution in [-0.4, -0.2) is 16.1 Å². The maximum Gasteiger partial charge on any atom is 0.348 e. The number of carboxylic acid groups (broad SMARTS) is 1. The van der Waals surface area contributed by atoms with Crippen molar-refractivity contribution in [2.24, 2.45) is 0 Å². The highest BCUT2D eigenvalue weighted by molar-refractivity contribution is 7.14. The Labute approximate surface area is 108 Å². The van der Waals surface area contributed by atoms with Crippen molar-refractivity contribution in [2.75, 3.05) is 0 Å². The van der Waals surface area contributed by atoms with Crippen LogP contribution in [0.1, 0.15) is 27.2 Å². The van der Waals surface area contributed by atoms with Crippen LogP contribution in [0.2, 0.25) is 0 Å². The summed E-state index contributed by atoms with van der Waals surface area (Å²) >= 11 is 1.20. The highest BCUT2D eigenvalue weighted by atomic mass is 32.1. The number of aromatic nitrogens is 1. The Hall–Kier alpha value is -2.19. The summed E-state index contributed by atoms with van der Waals surface area (Å²) in [5, 5.41) is 18.7. The summed E-state index contributed by atoms with van der Waals surface area (Å²) in [6, 6.07) is 8.79. The van der Waals surface area contributed by atoms with Gasteiger partial charge in [-0.1, -0.05) is 19.1 Å². The van der Waals surface area contributed by atoms with E-state index in [0.717, 1.165) is 10.6 Å². The van der Waals surface area contributed by atoms with Gasteiger partial charge in [-0.3, -0.25) is 0 Å². The van der Waals surface area contributed by atoms with Crippen LogP contribution in [0.15, 0.2) is 24.3 Å². The number of thiazole rings is 1. The number of carboxylic acids is 1. The summed E-state index contributed by atoms with van der Waals surface area (Å²) in [5.74, 6) is -0.966. The molecule has 2 rings (SSSR count). The molecule has 0 unspecified atom stereocenters. The van der Waals surface area contributed by atoms with E-state index in [1.165, 1.54) is 11.3 Å². The molecule has 0 saturated heterocycles. The van der Waals surface area contributed by atoms with Gasteiger partial charge in [-0.05, 0) is 18.6 Å². The number of benzene rings is 1. The number of carbonyl (C=O) groups is 1. The molecule has 5 heteroatoms. The van der Waals surface area contributed by atoms with Crippen LogP contribution < -0.4 is 0 Å². The van der Waals surface area contributed by atoms with Crippen molar-refractivity contribution in [3.05, 3.63) is 39.7 Å². The Kier molecular flexibility index (Phi) is 3.40. The average molecular weight is 258 g/mol. The van der Waals surface area contributed by atoms with Crippen LogP contribution in [0, 0.1) is 11.3 Å². The predicted octanol–water partition coefficient (Wildman–Crippen LogP) is 2.94. The van der Waals surface area contributed by atoms with Crippen LogP contribution in [0.25, 0.3) is 11.3 Å². The van der Waals surface area contributed by atoms with Gasteiger partial charge >= 0.3 is 5.97 Å². The van der Waals surface area contributed by atoms with Crippen LogP contribution >= 0.6 is 11.3 Å². The highest BCUT2D eigenvalue weighted by Crippen LogP contribution is 2.28. The van der Waals surface area contributed by atoms with Crippen LogP contribution in [-0.2, 0) is 6.42 Å². The molecule has 0 saturated carbocycles. The Morgan fingerprint density at radius 1 is 1.44 bits per heavy atom. The number of hydrogen-bond donors (Lipinski definition) is 1. The van der Waals surface area contributed by atoms with E-state index < -0.39 is 5.97 Å². The molecule has 0 aliphatic rings. The van der Waals surface area contributed by atoms with E-state index in [2.05, 4.69) is 4.98 Å². The first-order valence-electron chi connectivity index (χ1n) is 5.39. The van der Waals surface area contributed by atoms with Crippen LogP contribution in [0.3, 0.4) is 0 Å². The minimum absolute atomic E-state index is 0.247. The molecule has 0 aliphatic carbocycles. The highest BCUT2D eigenvalue weighted by Gasteiger charge is 2.17. The molecular formula is C13H10N2O2S. The Balaban J connectivity index is 2.51. The monoisotopic (exact) mass is 258 g/mol. The molecule has 2 aromatic rings. The lowest BCUT2D eigenvalue weighted by Crippen LogP contribution is -1.95. The number of aromatic carboxylic acids is 1. The summed E-state index contributed by atoms with van der Waals surface area (Å²) in [7, 11) is 0. The number of aryl methyl sites for hydroxylation is 1. The quantitative estimate of drug-likeness (QED) is 0.918. The van der Waals surface area contributed by atoms with Crippen molar-refractivity contribution in [1.29, 1.82) is 5.26 Å². The first-order valence-corrected chi connectivity index (χ1v) is 6.21. The van der Waals surface area contributed by atoms with Crippen molar-refractivity contribution in [2.45, 2.75) is 13.3 Å². The summed E-state index contributed by atoms with van der Waals surface area (Å²) < 4.78 is 0. The topological polar surface area (TPSA) is 74.0 Å². The second-order valence-corrected chi connectivity index (χ2v) is 4.72. The largest absolute Gasteiger partial charge is 0.477 e. The number of nitriles is 1. The third kappa shape index (κ3) is 2.24. The summed E-state index contributed by atoms with van der Waals surface area (Å²) in [6.07, 6.45) is 0.710. The molecule has 0 fully saturated rings. The fourth-order valence-corrected chi connectivity index (χ4v) is 2.42. The zero-order valence-electron chi connectivity index (χ0n) is 9.67. The van der Waals surface area contributed by atoms with E-state index in [1.54, 1.807) is 24.3 Å². The van der Waals surface area contributed by atoms with Gasteiger partial charge < -0.3 is 5.11 Å². The number of rotatable bonds is 3. The molecule has 1 N–H and O–H groups in total. The van der Waals surface area contributed by atoms with E-state index >= 15 is 0 Å². The molecule has 18 heavy (non-hydrogen) atoms. The van der Waals surface area contributed by atoms with Gasteiger partial charge in [0.15, 0.2) is 0 Å². The minimum Gasteiger partial charge on any atom is -0.477 e. The molecule has 4 nitrogen and oxygen atoms in total. The van der Waals surface area contributed by atoms with Gasteiger partial charge in [-0.2, -0.15) is 5.26 Å². The number of nitrogens with zero attached hydrogens (tertiary/aromatic N) is 2. The molecule has 1 aromatic heterocycles. The molecule has 1 aromatic carbocycles. The standard InChI is InChI=1S/C13H10N2O2S/c1-2-10-15-11(12(18-10)13(16)17)9-5-3-8(7-14)4-6-9/h3-6H,2H2,1H3,(H,16,17). The third-order valence-electron chi connectivity index (χ3n) is 2.46. The average Bonchev–Trinajstić information content (AvgIpc) is 2.83. The molecule has 1 heterocycles. The fraction of sp³-hybridized carbons (Fsp3) is 0.154. The molecule has 0 spiro atoms. The van der Waals surface area contributed by atoms with Crippen LogP contribution in [0.4, 0.5) is 0 Å². The van der Waals surface area contributed by atoms with E-state index in [0.29, 0.717) is 17.7 Å². The molecule has 0 aliphatic heterocycles. The van der Waals surface area contributed by atoms with Gasteiger partial charge in [0.05, 0.1) is 22.3 Å². The fourth-order valence-electron chi connectivity index (χ4n) is 1.56. The van der Waals surface area contributed by atoms with Crippen LogP contribution in [0.5, 0.6) is 0 Å². The first kappa shape index (κ1) is 12.3. The summed E-state index contributed by atoms with van der Waals surface area (Å²) in [4.78, 5) is 15.7. The maximum atomic E-state index is 11.2. The SMILES string of the molecule is CCc1nc(-c2ccc(C#N)cc2)c(C(=O)O)s1.